The van der Waals surface area contributed by atoms with E-state index in [-0.39, 0.29) is 11.9 Å². The highest BCUT2D eigenvalue weighted by Crippen LogP contribution is 2.28. The monoisotopic (exact) mass is 394 g/mol. The van der Waals surface area contributed by atoms with Gasteiger partial charge in [0.05, 0.1) is 12.1 Å². The second kappa shape index (κ2) is 9.40. The van der Waals surface area contributed by atoms with E-state index in [1.165, 1.54) is 0 Å². The van der Waals surface area contributed by atoms with E-state index >= 15 is 0 Å². The maximum Gasteiger partial charge on any atom is 0.246 e. The van der Waals surface area contributed by atoms with Gasteiger partial charge in [-0.2, -0.15) is 0 Å². The summed E-state index contributed by atoms with van der Waals surface area (Å²) in [6.07, 6.45) is 0. The Morgan fingerprint density at radius 2 is 1.54 bits per heavy atom. The van der Waals surface area contributed by atoms with E-state index in [4.69, 9.17) is 16.3 Å². The minimum Gasteiger partial charge on any atom is -0.495 e. The van der Waals surface area contributed by atoms with Crippen LogP contribution in [0, 0.1) is 0 Å². The molecule has 0 radical (unpaired) electrons. The largest absolute Gasteiger partial charge is 0.495 e. The van der Waals surface area contributed by atoms with Gasteiger partial charge in [0.25, 0.3) is 0 Å². The minimum absolute atomic E-state index is 0.00314. The smallest absolute Gasteiger partial charge is 0.246 e. The number of methoxy groups -OCH3 is 1. The van der Waals surface area contributed by atoms with Crippen LogP contribution in [-0.4, -0.2) is 13.0 Å². The normalized spacial score (nSPS) is 12.8. The molecule has 3 aromatic rings. The lowest BCUT2D eigenvalue weighted by Gasteiger charge is -2.24. The van der Waals surface area contributed by atoms with Crippen molar-refractivity contribution < 1.29 is 9.53 Å². The third-order valence-corrected chi connectivity index (χ3v) is 4.83. The van der Waals surface area contributed by atoms with Crippen molar-refractivity contribution >= 4 is 23.2 Å². The molecule has 0 saturated heterocycles. The van der Waals surface area contributed by atoms with Gasteiger partial charge in [-0.05, 0) is 36.2 Å². The summed E-state index contributed by atoms with van der Waals surface area (Å²) in [4.78, 5) is 13.1. The van der Waals surface area contributed by atoms with Gasteiger partial charge in [0.2, 0.25) is 5.91 Å². The number of carbonyl (C=O) groups is 1. The molecule has 1 amide bonds. The molecular weight excluding hydrogens is 372 g/mol. The average Bonchev–Trinajstić information content (AvgIpc) is 2.73. The Morgan fingerprint density at radius 1 is 0.929 bits per heavy atom. The van der Waals surface area contributed by atoms with E-state index in [1.807, 2.05) is 67.6 Å². The predicted octanol–water partition coefficient (Wildman–Crippen LogP) is 5.38. The van der Waals surface area contributed by atoms with Crippen molar-refractivity contribution in [3.8, 4) is 5.75 Å². The first kappa shape index (κ1) is 19.9. The van der Waals surface area contributed by atoms with Crippen molar-refractivity contribution in [3.63, 3.8) is 0 Å². The van der Waals surface area contributed by atoms with Gasteiger partial charge in [0.1, 0.15) is 11.8 Å². The van der Waals surface area contributed by atoms with Gasteiger partial charge in [-0.25, -0.2) is 0 Å². The summed E-state index contributed by atoms with van der Waals surface area (Å²) in [7, 11) is 1.56. The highest BCUT2D eigenvalue weighted by molar-refractivity contribution is 6.32. The second-order valence-corrected chi connectivity index (χ2v) is 6.89. The summed E-state index contributed by atoms with van der Waals surface area (Å²) in [6, 6.07) is 24.4. The Labute approximate surface area is 170 Å². The fourth-order valence-corrected chi connectivity index (χ4v) is 3.27. The Hall–Kier alpha value is -2.82. The van der Waals surface area contributed by atoms with Crippen molar-refractivity contribution in [1.82, 2.24) is 5.32 Å². The lowest BCUT2D eigenvalue weighted by Crippen LogP contribution is -2.34. The molecule has 0 aromatic heterocycles. The number of benzene rings is 3. The Morgan fingerprint density at radius 3 is 2.11 bits per heavy atom. The molecule has 0 spiro atoms. The summed E-state index contributed by atoms with van der Waals surface area (Å²) < 4.78 is 5.17. The summed E-state index contributed by atoms with van der Waals surface area (Å²) in [5.74, 6) is 0.408. The lowest BCUT2D eigenvalue weighted by atomic mass is 10.0. The van der Waals surface area contributed by atoms with Crippen molar-refractivity contribution in [3.05, 3.63) is 95.0 Å². The number of nitrogens with one attached hydrogen (secondary N) is 2. The zero-order valence-electron chi connectivity index (χ0n) is 15.9. The number of rotatable bonds is 7. The Bertz CT molecular complexity index is 916. The van der Waals surface area contributed by atoms with Crippen LogP contribution in [-0.2, 0) is 4.79 Å². The quantitative estimate of drug-likeness (QED) is 0.565. The van der Waals surface area contributed by atoms with E-state index in [1.54, 1.807) is 25.3 Å². The van der Waals surface area contributed by atoms with Gasteiger partial charge in [-0.1, -0.05) is 72.3 Å². The number of halogens is 1. The third-order valence-electron chi connectivity index (χ3n) is 4.53. The number of ether oxygens (including phenoxy) is 1. The third kappa shape index (κ3) is 4.91. The van der Waals surface area contributed by atoms with Crippen LogP contribution in [0.5, 0.6) is 5.75 Å². The summed E-state index contributed by atoms with van der Waals surface area (Å²) in [6.45, 7) is 2.04. The van der Waals surface area contributed by atoms with Crippen LogP contribution in [0.4, 0.5) is 5.69 Å². The van der Waals surface area contributed by atoms with Crippen molar-refractivity contribution in [2.45, 2.75) is 19.0 Å². The summed E-state index contributed by atoms with van der Waals surface area (Å²) in [5, 5.41) is 6.83. The van der Waals surface area contributed by atoms with Gasteiger partial charge in [-0.3, -0.25) is 10.1 Å². The van der Waals surface area contributed by atoms with Crippen LogP contribution in [0.1, 0.15) is 30.1 Å². The van der Waals surface area contributed by atoms with E-state index in [2.05, 4.69) is 10.6 Å². The topological polar surface area (TPSA) is 50.4 Å². The van der Waals surface area contributed by atoms with Crippen LogP contribution in [0.25, 0.3) is 0 Å². The maximum absolute atomic E-state index is 13.1. The lowest BCUT2D eigenvalue weighted by molar-refractivity contribution is -0.118. The predicted molar refractivity (Wildman–Crippen MR) is 114 cm³/mol. The number of amides is 1. The van der Waals surface area contributed by atoms with Gasteiger partial charge in [-0.15, -0.1) is 0 Å². The van der Waals surface area contributed by atoms with Gasteiger partial charge in [0, 0.05) is 11.7 Å². The fraction of sp³-hybridized carbons (Fsp3) is 0.174. The molecule has 0 aliphatic heterocycles. The van der Waals surface area contributed by atoms with Gasteiger partial charge >= 0.3 is 0 Å². The molecule has 0 bridgehead atoms. The summed E-state index contributed by atoms with van der Waals surface area (Å²) >= 11 is 6.18. The zero-order valence-corrected chi connectivity index (χ0v) is 16.6. The van der Waals surface area contributed by atoms with E-state index in [0.29, 0.717) is 16.5 Å². The molecule has 0 saturated carbocycles. The van der Waals surface area contributed by atoms with Crippen LogP contribution < -0.4 is 15.4 Å². The molecule has 5 heteroatoms. The van der Waals surface area contributed by atoms with Crippen molar-refractivity contribution in [2.75, 3.05) is 12.4 Å². The highest BCUT2D eigenvalue weighted by atomic mass is 35.5. The van der Waals surface area contributed by atoms with Crippen LogP contribution in [0.15, 0.2) is 78.9 Å². The highest BCUT2D eigenvalue weighted by Gasteiger charge is 2.23. The first-order valence-corrected chi connectivity index (χ1v) is 9.46. The minimum atomic E-state index is -0.516. The number of carbonyl (C=O) groups excluding carboxylic acids is 1. The summed E-state index contributed by atoms with van der Waals surface area (Å²) in [5.41, 5.74) is 2.62. The van der Waals surface area contributed by atoms with E-state index in [0.717, 1.165) is 11.1 Å². The number of hydrogen-bond donors (Lipinski definition) is 2. The Kier molecular flexibility index (Phi) is 6.69. The van der Waals surface area contributed by atoms with Crippen molar-refractivity contribution in [1.29, 1.82) is 0 Å². The van der Waals surface area contributed by atoms with Crippen LogP contribution in [0.2, 0.25) is 5.02 Å². The first-order valence-electron chi connectivity index (χ1n) is 9.09. The fourth-order valence-electron chi connectivity index (χ4n) is 3.02. The second-order valence-electron chi connectivity index (χ2n) is 6.48. The number of anilines is 1. The zero-order chi connectivity index (χ0) is 19.9. The molecule has 0 fully saturated rings. The molecule has 2 N–H and O–H groups in total. The molecule has 28 heavy (non-hydrogen) atoms. The molecule has 0 aliphatic rings. The molecule has 0 aliphatic carbocycles. The number of hydrogen-bond acceptors (Lipinski definition) is 3. The average molecular weight is 395 g/mol. The molecule has 0 heterocycles. The van der Waals surface area contributed by atoms with Crippen LogP contribution in [0.3, 0.4) is 0 Å². The molecular formula is C23H23ClN2O2. The molecule has 4 nitrogen and oxygen atoms in total. The van der Waals surface area contributed by atoms with E-state index in [9.17, 15) is 4.79 Å². The van der Waals surface area contributed by atoms with E-state index < -0.39 is 6.04 Å². The standard InChI is InChI=1S/C23H23ClN2O2/c1-16(17-9-5-3-6-10-17)25-22(18-11-7-4-8-12-18)23(27)26-19-13-14-21(28-2)20(24)15-19/h3-16,22,25H,1-2H3,(H,26,27)/t16-,22+/m0/s1. The first-order chi connectivity index (χ1) is 13.6. The SMILES string of the molecule is COc1ccc(NC(=O)[C@H](N[C@@H](C)c2ccccc2)c2ccccc2)cc1Cl. The molecule has 3 rings (SSSR count). The van der Waals surface area contributed by atoms with Crippen LogP contribution >= 0.6 is 11.6 Å². The van der Waals surface area contributed by atoms with Crippen molar-refractivity contribution in [2.24, 2.45) is 0 Å². The van der Waals surface area contributed by atoms with Gasteiger partial charge in [0.15, 0.2) is 0 Å². The maximum atomic E-state index is 13.1. The molecule has 3 aromatic carbocycles. The Balaban J connectivity index is 1.82. The molecule has 2 atom stereocenters. The van der Waals surface area contributed by atoms with Gasteiger partial charge < -0.3 is 10.1 Å². The molecule has 0 unspecified atom stereocenters. The molecule has 144 valence electrons.